The largest absolute Gasteiger partial charge is 0.352 e. The van der Waals surface area contributed by atoms with Gasteiger partial charge in [-0.25, -0.2) is 4.39 Å². The average Bonchev–Trinajstić information content (AvgIpc) is 2.78. The molecule has 2 N–H and O–H groups in total. The zero-order valence-electron chi connectivity index (χ0n) is 19.6. The van der Waals surface area contributed by atoms with Gasteiger partial charge in [-0.2, -0.15) is 0 Å². The highest BCUT2D eigenvalue weighted by molar-refractivity contribution is 5.89. The van der Waals surface area contributed by atoms with Crippen LogP contribution in [-0.4, -0.2) is 43.4 Å². The van der Waals surface area contributed by atoms with Crippen molar-refractivity contribution in [2.75, 3.05) is 20.6 Å². The highest BCUT2D eigenvalue weighted by atomic mass is 19.1. The van der Waals surface area contributed by atoms with Crippen LogP contribution < -0.4 is 10.6 Å². The van der Waals surface area contributed by atoms with Crippen molar-refractivity contribution in [2.24, 2.45) is 5.92 Å². The number of benzene rings is 3. The molecule has 0 radical (unpaired) electrons. The molecule has 3 aromatic carbocycles. The van der Waals surface area contributed by atoms with E-state index < -0.39 is 6.04 Å². The molecule has 2 atom stereocenters. The zero-order valence-corrected chi connectivity index (χ0v) is 19.6. The lowest BCUT2D eigenvalue weighted by Crippen LogP contribution is -2.51. The fraction of sp³-hybridized carbons (Fsp3) is 0.333. The smallest absolute Gasteiger partial charge is 0.242 e. The lowest BCUT2D eigenvalue weighted by atomic mass is 10.0. The minimum Gasteiger partial charge on any atom is -0.352 e. The molecule has 0 aromatic heterocycles. The zero-order chi connectivity index (χ0) is 24.0. The molecule has 2 unspecified atom stereocenters. The van der Waals surface area contributed by atoms with Gasteiger partial charge in [0.2, 0.25) is 11.8 Å². The molecule has 33 heavy (non-hydrogen) atoms. The van der Waals surface area contributed by atoms with Crippen molar-refractivity contribution in [1.29, 1.82) is 0 Å². The van der Waals surface area contributed by atoms with Crippen LogP contribution in [0.5, 0.6) is 0 Å². The Morgan fingerprint density at radius 1 is 0.939 bits per heavy atom. The van der Waals surface area contributed by atoms with E-state index in [9.17, 15) is 14.0 Å². The van der Waals surface area contributed by atoms with Gasteiger partial charge in [0, 0.05) is 6.54 Å². The summed E-state index contributed by atoms with van der Waals surface area (Å²) in [4.78, 5) is 27.7. The van der Waals surface area contributed by atoms with E-state index >= 15 is 0 Å². The number of halogens is 1. The number of amides is 2. The highest BCUT2D eigenvalue weighted by Gasteiger charge is 2.25. The van der Waals surface area contributed by atoms with Crippen LogP contribution in [0.15, 0.2) is 66.7 Å². The highest BCUT2D eigenvalue weighted by Crippen LogP contribution is 2.18. The summed E-state index contributed by atoms with van der Waals surface area (Å²) in [7, 11) is 3.82. The number of likely N-dealkylation sites (N-methyl/N-ethyl adjacent to an activating group) is 1. The maximum Gasteiger partial charge on any atom is 0.242 e. The first kappa shape index (κ1) is 24.4. The number of fused-ring (bicyclic) bond motifs is 1. The Balaban J connectivity index is 1.62. The Morgan fingerprint density at radius 3 is 2.24 bits per heavy atom. The molecule has 0 saturated carbocycles. The minimum absolute atomic E-state index is 0.0748. The van der Waals surface area contributed by atoms with Gasteiger partial charge in [-0.1, -0.05) is 68.4 Å². The average molecular weight is 450 g/mol. The maximum atomic E-state index is 13.3. The van der Waals surface area contributed by atoms with E-state index in [0.29, 0.717) is 6.54 Å². The molecule has 2 amide bonds. The minimum atomic E-state index is -0.644. The number of carbonyl (C=O) groups excluding carboxylic acids is 2. The van der Waals surface area contributed by atoms with Crippen LogP contribution in [0, 0.1) is 11.7 Å². The molecule has 3 aromatic rings. The molecule has 0 saturated heterocycles. The molecule has 0 fully saturated rings. The Morgan fingerprint density at radius 2 is 1.61 bits per heavy atom. The van der Waals surface area contributed by atoms with E-state index in [0.717, 1.165) is 21.9 Å². The van der Waals surface area contributed by atoms with E-state index in [1.54, 1.807) is 12.1 Å². The summed E-state index contributed by atoms with van der Waals surface area (Å²) in [5.41, 5.74) is 1.81. The molecule has 0 spiro atoms. The third kappa shape index (κ3) is 6.62. The molecular formula is C27H32FN3O2. The third-order valence-electron chi connectivity index (χ3n) is 5.79. The van der Waals surface area contributed by atoms with E-state index in [4.69, 9.17) is 0 Å². The summed E-state index contributed by atoms with van der Waals surface area (Å²) in [5, 5.41) is 8.06. The lowest BCUT2D eigenvalue weighted by molar-refractivity contribution is -0.129. The number of carbonyl (C=O) groups is 2. The standard InChI is InChI=1S/C27H32FN3O2/c1-18(2)26(27(33)29-17-24(31(3)4)21-11-13-23(28)14-12-21)30-25(32)16-19-9-10-20-7-5-6-8-22(20)15-19/h5-15,18,24,26H,16-17H2,1-4H3,(H,29,33)(H,30,32). The molecule has 0 aliphatic carbocycles. The first-order chi connectivity index (χ1) is 15.7. The Labute approximate surface area is 195 Å². The van der Waals surface area contributed by atoms with Gasteiger partial charge in [0.15, 0.2) is 0 Å². The number of nitrogens with one attached hydrogen (secondary N) is 2. The van der Waals surface area contributed by atoms with E-state index in [-0.39, 0.29) is 36.0 Å². The van der Waals surface area contributed by atoms with Gasteiger partial charge >= 0.3 is 0 Å². The summed E-state index contributed by atoms with van der Waals surface area (Å²) in [6, 6.07) is 19.5. The van der Waals surface area contributed by atoms with Crippen LogP contribution in [0.2, 0.25) is 0 Å². The van der Waals surface area contributed by atoms with Crippen molar-refractivity contribution in [3.05, 3.63) is 83.7 Å². The summed E-state index contributed by atoms with van der Waals surface area (Å²) in [5.74, 6) is -0.795. The molecule has 0 bridgehead atoms. The van der Waals surface area contributed by atoms with Gasteiger partial charge in [0.1, 0.15) is 11.9 Å². The van der Waals surface area contributed by atoms with Crippen molar-refractivity contribution in [3.8, 4) is 0 Å². The summed E-state index contributed by atoms with van der Waals surface area (Å²) in [6.07, 6.45) is 0.206. The van der Waals surface area contributed by atoms with Crippen molar-refractivity contribution in [2.45, 2.75) is 32.4 Å². The predicted molar refractivity (Wildman–Crippen MR) is 130 cm³/mol. The number of hydrogen-bond donors (Lipinski definition) is 2. The number of rotatable bonds is 9. The molecule has 0 aliphatic rings. The quantitative estimate of drug-likeness (QED) is 0.518. The Hall–Kier alpha value is -3.25. The Kier molecular flexibility index (Phi) is 8.17. The number of hydrogen-bond acceptors (Lipinski definition) is 3. The van der Waals surface area contributed by atoms with E-state index in [2.05, 4.69) is 10.6 Å². The first-order valence-corrected chi connectivity index (χ1v) is 11.2. The maximum absolute atomic E-state index is 13.3. The van der Waals surface area contributed by atoms with E-state index in [1.807, 2.05) is 75.3 Å². The van der Waals surface area contributed by atoms with Crippen LogP contribution in [-0.2, 0) is 16.0 Å². The van der Waals surface area contributed by atoms with Crippen LogP contribution in [0.1, 0.15) is 31.0 Å². The second-order valence-electron chi connectivity index (χ2n) is 8.92. The summed E-state index contributed by atoms with van der Waals surface area (Å²) < 4.78 is 13.3. The van der Waals surface area contributed by atoms with Gasteiger partial charge in [0.05, 0.1) is 12.5 Å². The predicted octanol–water partition coefficient (Wildman–Crippen LogP) is 4.08. The molecule has 3 rings (SSSR count). The Bertz CT molecular complexity index is 1100. The SMILES string of the molecule is CC(C)C(NC(=O)Cc1ccc2ccccc2c1)C(=O)NCC(c1ccc(F)cc1)N(C)C. The fourth-order valence-corrected chi connectivity index (χ4v) is 3.88. The van der Waals surface area contributed by atoms with Gasteiger partial charge in [-0.3, -0.25) is 9.59 Å². The van der Waals surface area contributed by atoms with Crippen molar-refractivity contribution < 1.29 is 14.0 Å². The van der Waals surface area contributed by atoms with Crippen molar-refractivity contribution in [1.82, 2.24) is 15.5 Å². The first-order valence-electron chi connectivity index (χ1n) is 11.2. The molecule has 6 heteroatoms. The summed E-state index contributed by atoms with van der Waals surface area (Å²) in [6.45, 7) is 4.16. The van der Waals surface area contributed by atoms with E-state index in [1.165, 1.54) is 12.1 Å². The third-order valence-corrected chi connectivity index (χ3v) is 5.79. The number of nitrogens with zero attached hydrogens (tertiary/aromatic N) is 1. The van der Waals surface area contributed by atoms with Crippen molar-refractivity contribution >= 4 is 22.6 Å². The van der Waals surface area contributed by atoms with Gasteiger partial charge in [0.25, 0.3) is 0 Å². The summed E-state index contributed by atoms with van der Waals surface area (Å²) >= 11 is 0. The fourth-order valence-electron chi connectivity index (χ4n) is 3.88. The topological polar surface area (TPSA) is 61.4 Å². The molecule has 0 aliphatic heterocycles. The van der Waals surface area contributed by atoms with Crippen LogP contribution in [0.25, 0.3) is 10.8 Å². The molecular weight excluding hydrogens is 417 g/mol. The normalized spacial score (nSPS) is 13.2. The van der Waals surface area contributed by atoms with Gasteiger partial charge < -0.3 is 15.5 Å². The van der Waals surface area contributed by atoms with Gasteiger partial charge in [-0.15, -0.1) is 0 Å². The monoisotopic (exact) mass is 449 g/mol. The van der Waals surface area contributed by atoms with Crippen LogP contribution >= 0.6 is 0 Å². The molecule has 174 valence electrons. The molecule has 0 heterocycles. The van der Waals surface area contributed by atoms with Crippen molar-refractivity contribution in [3.63, 3.8) is 0 Å². The van der Waals surface area contributed by atoms with Crippen LogP contribution in [0.3, 0.4) is 0 Å². The second-order valence-corrected chi connectivity index (χ2v) is 8.92. The second kappa shape index (κ2) is 11.1. The molecule has 5 nitrogen and oxygen atoms in total. The van der Waals surface area contributed by atoms with Crippen LogP contribution in [0.4, 0.5) is 4.39 Å². The lowest BCUT2D eigenvalue weighted by Gasteiger charge is -2.27. The van der Waals surface area contributed by atoms with Gasteiger partial charge in [-0.05, 0) is 54.0 Å².